The molecule has 0 bridgehead atoms. The second-order valence-electron chi connectivity index (χ2n) is 7.43. The average Bonchev–Trinajstić information content (AvgIpc) is 3.12. The van der Waals surface area contributed by atoms with Crippen LogP contribution >= 0.6 is 0 Å². The highest BCUT2D eigenvalue weighted by Crippen LogP contribution is 2.19. The van der Waals surface area contributed by atoms with Crippen molar-refractivity contribution in [2.45, 2.75) is 20.8 Å². The van der Waals surface area contributed by atoms with Crippen molar-refractivity contribution in [2.75, 3.05) is 31.1 Å². The minimum Gasteiger partial charge on any atom is -0.353 e. The summed E-state index contributed by atoms with van der Waals surface area (Å²) in [7, 11) is 0. The van der Waals surface area contributed by atoms with Gasteiger partial charge in [-0.2, -0.15) is 0 Å². The van der Waals surface area contributed by atoms with Gasteiger partial charge < -0.3 is 9.80 Å². The number of nitrogens with zero attached hydrogens (tertiary/aromatic N) is 6. The summed E-state index contributed by atoms with van der Waals surface area (Å²) in [5, 5.41) is 0. The zero-order chi connectivity index (χ0) is 21.3. The Kier molecular flexibility index (Phi) is 5.31. The summed E-state index contributed by atoms with van der Waals surface area (Å²) in [6, 6.07) is 8.79. The number of amides is 1. The molecule has 0 spiro atoms. The minimum absolute atomic E-state index is 0.00659. The van der Waals surface area contributed by atoms with Crippen molar-refractivity contribution in [3.8, 4) is 5.82 Å². The van der Waals surface area contributed by atoms with Crippen LogP contribution in [0, 0.1) is 13.8 Å². The molecule has 0 aliphatic carbocycles. The van der Waals surface area contributed by atoms with Crippen LogP contribution < -0.4 is 4.90 Å². The molecule has 0 unspecified atom stereocenters. The van der Waals surface area contributed by atoms with Gasteiger partial charge in [-0.1, -0.05) is 12.1 Å². The van der Waals surface area contributed by atoms with Crippen molar-refractivity contribution in [1.29, 1.82) is 0 Å². The monoisotopic (exact) mass is 404 g/mol. The molecule has 0 N–H and O–H groups in total. The summed E-state index contributed by atoms with van der Waals surface area (Å²) >= 11 is 0. The lowest BCUT2D eigenvalue weighted by atomic mass is 10.1. The summed E-state index contributed by atoms with van der Waals surface area (Å²) in [4.78, 5) is 41.3. The van der Waals surface area contributed by atoms with E-state index in [-0.39, 0.29) is 11.7 Å². The molecule has 3 heterocycles. The van der Waals surface area contributed by atoms with Gasteiger partial charge in [0.15, 0.2) is 5.78 Å². The van der Waals surface area contributed by atoms with Crippen LogP contribution in [-0.4, -0.2) is 62.3 Å². The lowest BCUT2D eigenvalue weighted by Crippen LogP contribution is -2.49. The lowest BCUT2D eigenvalue weighted by molar-refractivity contribution is 0.0746. The second kappa shape index (κ2) is 8.06. The third-order valence-corrected chi connectivity index (χ3v) is 5.57. The summed E-state index contributed by atoms with van der Waals surface area (Å²) < 4.78 is 1.95. The molecule has 154 valence electrons. The van der Waals surface area contributed by atoms with Crippen molar-refractivity contribution in [1.82, 2.24) is 24.4 Å². The first kappa shape index (κ1) is 19.8. The molecule has 1 fully saturated rings. The zero-order valence-corrected chi connectivity index (χ0v) is 17.4. The number of anilines is 1. The molecular formula is C22H24N6O2. The van der Waals surface area contributed by atoms with Crippen LogP contribution in [0.1, 0.15) is 39.0 Å². The number of hydrogen-bond acceptors (Lipinski definition) is 6. The maximum Gasteiger partial charge on any atom is 0.253 e. The van der Waals surface area contributed by atoms with E-state index in [0.29, 0.717) is 37.3 Å². The quantitative estimate of drug-likeness (QED) is 0.621. The van der Waals surface area contributed by atoms with Gasteiger partial charge in [-0.25, -0.2) is 15.0 Å². The Hall–Kier alpha value is -3.55. The Morgan fingerprint density at radius 2 is 1.50 bits per heavy atom. The summed E-state index contributed by atoms with van der Waals surface area (Å²) in [6.07, 6.45) is 3.33. The number of benzene rings is 1. The van der Waals surface area contributed by atoms with Crippen LogP contribution in [0.3, 0.4) is 0 Å². The molecule has 3 aromatic rings. The number of aryl methyl sites for hydroxylation is 1. The highest BCUT2D eigenvalue weighted by atomic mass is 16.2. The number of ketones is 1. The molecule has 8 nitrogen and oxygen atoms in total. The Morgan fingerprint density at radius 1 is 0.867 bits per heavy atom. The maximum absolute atomic E-state index is 12.8. The maximum atomic E-state index is 12.8. The largest absolute Gasteiger partial charge is 0.353 e. The van der Waals surface area contributed by atoms with E-state index in [4.69, 9.17) is 0 Å². The number of hydrogen-bond donors (Lipinski definition) is 0. The smallest absolute Gasteiger partial charge is 0.253 e. The molecule has 1 aliphatic rings. The Labute approximate surface area is 175 Å². The fraction of sp³-hybridized carbons (Fsp3) is 0.318. The minimum atomic E-state index is -0.0161. The van der Waals surface area contributed by atoms with E-state index in [1.54, 1.807) is 36.9 Å². The first-order valence-corrected chi connectivity index (χ1v) is 9.92. The number of aromatic nitrogens is 4. The average molecular weight is 404 g/mol. The van der Waals surface area contributed by atoms with Crippen LogP contribution in [0.5, 0.6) is 0 Å². The molecule has 2 aromatic heterocycles. The van der Waals surface area contributed by atoms with E-state index in [9.17, 15) is 9.59 Å². The highest BCUT2D eigenvalue weighted by Gasteiger charge is 2.23. The molecule has 8 heteroatoms. The van der Waals surface area contributed by atoms with Crippen LogP contribution in [0.25, 0.3) is 5.82 Å². The number of carbonyl (C=O) groups excluding carboxylic acids is 2. The lowest BCUT2D eigenvalue weighted by Gasteiger charge is -2.35. The molecular weight excluding hydrogens is 380 g/mol. The zero-order valence-electron chi connectivity index (χ0n) is 17.4. The van der Waals surface area contributed by atoms with Crippen molar-refractivity contribution in [3.05, 3.63) is 65.5 Å². The number of rotatable bonds is 4. The van der Waals surface area contributed by atoms with Crippen molar-refractivity contribution in [2.24, 2.45) is 0 Å². The third-order valence-electron chi connectivity index (χ3n) is 5.57. The number of piperazine rings is 1. The predicted octanol–water partition coefficient (Wildman–Crippen LogP) is 2.44. The molecule has 1 aromatic carbocycles. The van der Waals surface area contributed by atoms with Gasteiger partial charge in [0, 0.05) is 49.1 Å². The third kappa shape index (κ3) is 3.80. The van der Waals surface area contributed by atoms with E-state index < -0.39 is 0 Å². The van der Waals surface area contributed by atoms with Gasteiger partial charge in [0.25, 0.3) is 5.91 Å². The van der Waals surface area contributed by atoms with Crippen LogP contribution in [0.4, 0.5) is 5.82 Å². The normalized spacial score (nSPS) is 14.1. The fourth-order valence-electron chi connectivity index (χ4n) is 3.54. The number of carbonyl (C=O) groups is 2. The van der Waals surface area contributed by atoms with Gasteiger partial charge in [0.05, 0.1) is 5.69 Å². The van der Waals surface area contributed by atoms with Crippen LogP contribution in [-0.2, 0) is 0 Å². The first-order chi connectivity index (χ1) is 14.4. The predicted molar refractivity (Wildman–Crippen MR) is 113 cm³/mol. The fourth-order valence-corrected chi connectivity index (χ4v) is 3.54. The van der Waals surface area contributed by atoms with Gasteiger partial charge in [0.1, 0.15) is 24.3 Å². The van der Waals surface area contributed by atoms with E-state index in [2.05, 4.69) is 19.9 Å². The SMILES string of the molecule is CC(=O)c1ccc(C(=O)N2CCN(c3cc(-n4cnc(C)c4C)ncn3)CC2)cc1. The topological polar surface area (TPSA) is 84.2 Å². The molecule has 0 atom stereocenters. The molecule has 1 aliphatic heterocycles. The summed E-state index contributed by atoms with van der Waals surface area (Å²) in [6.45, 7) is 8.09. The summed E-state index contributed by atoms with van der Waals surface area (Å²) in [5.74, 6) is 1.59. The molecule has 4 rings (SSSR count). The van der Waals surface area contributed by atoms with Crippen LogP contribution in [0.2, 0.25) is 0 Å². The van der Waals surface area contributed by atoms with Gasteiger partial charge >= 0.3 is 0 Å². The van der Waals surface area contributed by atoms with E-state index in [1.165, 1.54) is 6.92 Å². The molecule has 30 heavy (non-hydrogen) atoms. The standard InChI is InChI=1S/C22H24N6O2/c1-15-16(2)28(14-25-15)21-12-20(23-13-24-21)26-8-10-27(11-9-26)22(30)19-6-4-18(5-7-19)17(3)29/h4-7,12-14H,8-11H2,1-3H3. The van der Waals surface area contributed by atoms with Crippen molar-refractivity contribution < 1.29 is 9.59 Å². The number of imidazole rings is 1. The molecule has 0 saturated carbocycles. The Morgan fingerprint density at radius 3 is 2.10 bits per heavy atom. The Balaban J connectivity index is 1.43. The van der Waals surface area contributed by atoms with Crippen molar-refractivity contribution >= 4 is 17.5 Å². The molecule has 1 saturated heterocycles. The van der Waals surface area contributed by atoms with Gasteiger partial charge in [-0.15, -0.1) is 0 Å². The number of Topliss-reactive ketones (excluding diaryl/α,β-unsaturated/α-hetero) is 1. The second-order valence-corrected chi connectivity index (χ2v) is 7.43. The van der Waals surface area contributed by atoms with Crippen LogP contribution in [0.15, 0.2) is 43.0 Å². The summed E-state index contributed by atoms with van der Waals surface area (Å²) in [5.41, 5.74) is 3.23. The molecule has 0 radical (unpaired) electrons. The highest BCUT2D eigenvalue weighted by molar-refractivity contribution is 5.97. The Bertz CT molecular complexity index is 1080. The first-order valence-electron chi connectivity index (χ1n) is 9.92. The van der Waals surface area contributed by atoms with E-state index >= 15 is 0 Å². The van der Waals surface area contributed by atoms with E-state index in [0.717, 1.165) is 23.0 Å². The van der Waals surface area contributed by atoms with Crippen molar-refractivity contribution in [3.63, 3.8) is 0 Å². The van der Waals surface area contributed by atoms with E-state index in [1.807, 2.05) is 29.4 Å². The van der Waals surface area contributed by atoms with Gasteiger partial charge in [-0.3, -0.25) is 14.2 Å². The molecule has 1 amide bonds. The van der Waals surface area contributed by atoms with Gasteiger partial charge in [0.2, 0.25) is 0 Å². The van der Waals surface area contributed by atoms with Gasteiger partial charge in [-0.05, 0) is 32.9 Å².